The van der Waals surface area contributed by atoms with Gasteiger partial charge in [-0.1, -0.05) is 18.2 Å². The van der Waals surface area contributed by atoms with Crippen LogP contribution in [0.15, 0.2) is 72.6 Å². The quantitative estimate of drug-likeness (QED) is 0.394. The first kappa shape index (κ1) is 19.0. The molecule has 4 rings (SSSR count). The molecule has 6 nitrogen and oxygen atoms in total. The molecule has 0 saturated carbocycles. The molecule has 0 atom stereocenters. The van der Waals surface area contributed by atoms with Crippen LogP contribution < -0.4 is 10.2 Å². The second-order valence-corrected chi connectivity index (χ2v) is 7.72. The van der Waals surface area contributed by atoms with Crippen LogP contribution in [0.5, 0.6) is 0 Å². The Kier molecular flexibility index (Phi) is 5.20. The molecule has 0 spiro atoms. The number of para-hydroxylation sites is 1. The minimum Gasteiger partial charge on any atom is -0.300 e. The molecule has 1 aliphatic rings. The molecule has 0 radical (unpaired) electrons. The summed E-state index contributed by atoms with van der Waals surface area (Å²) >= 11 is 6.45. The van der Waals surface area contributed by atoms with E-state index in [4.69, 9.17) is 12.2 Å². The van der Waals surface area contributed by atoms with Gasteiger partial charge in [0.25, 0.3) is 11.8 Å². The van der Waals surface area contributed by atoms with Gasteiger partial charge in [-0.25, -0.2) is 0 Å². The predicted octanol–water partition coefficient (Wildman–Crippen LogP) is 3.87. The molecule has 2 aromatic heterocycles. The molecule has 3 heterocycles. The smallest absolute Gasteiger partial charge is 0.265 e. The van der Waals surface area contributed by atoms with Gasteiger partial charge in [0.15, 0.2) is 5.11 Å². The van der Waals surface area contributed by atoms with Crippen LogP contribution in [-0.4, -0.2) is 33.9 Å². The summed E-state index contributed by atoms with van der Waals surface area (Å²) in [5.41, 5.74) is 1.96. The third-order valence-electron chi connectivity index (χ3n) is 4.34. The number of likely N-dealkylation sites (N-methyl/N-ethyl adjacent to an activating group) is 1. The lowest BCUT2D eigenvalue weighted by atomic mass is 10.1. The number of nitrogens with one attached hydrogen (secondary N) is 1. The van der Waals surface area contributed by atoms with Crippen LogP contribution in [0, 0.1) is 0 Å². The third-order valence-corrected chi connectivity index (χ3v) is 5.74. The Morgan fingerprint density at radius 1 is 1.07 bits per heavy atom. The number of aromatic nitrogens is 1. The van der Waals surface area contributed by atoms with Crippen LogP contribution in [0.3, 0.4) is 0 Å². The van der Waals surface area contributed by atoms with E-state index < -0.39 is 11.8 Å². The second kappa shape index (κ2) is 7.94. The molecule has 8 heteroatoms. The first-order valence-corrected chi connectivity index (χ1v) is 9.97. The zero-order chi connectivity index (χ0) is 20.4. The van der Waals surface area contributed by atoms with Crippen LogP contribution in [0.25, 0.3) is 6.08 Å². The van der Waals surface area contributed by atoms with Gasteiger partial charge in [0.2, 0.25) is 0 Å². The summed E-state index contributed by atoms with van der Waals surface area (Å²) in [7, 11) is 1.54. The molecule has 3 aromatic rings. The maximum atomic E-state index is 12.4. The van der Waals surface area contributed by atoms with Crippen molar-refractivity contribution in [2.45, 2.75) is 0 Å². The van der Waals surface area contributed by atoms with E-state index in [1.165, 1.54) is 23.3 Å². The van der Waals surface area contributed by atoms with E-state index in [1.54, 1.807) is 18.5 Å². The Balaban J connectivity index is 1.72. The Hall–Kier alpha value is -3.36. The van der Waals surface area contributed by atoms with Crippen molar-refractivity contribution in [1.29, 1.82) is 0 Å². The number of pyridine rings is 1. The highest BCUT2D eigenvalue weighted by atomic mass is 32.1. The number of nitrogens with zero attached hydrogens (tertiary/aromatic N) is 3. The van der Waals surface area contributed by atoms with Crippen molar-refractivity contribution >= 4 is 62.9 Å². The largest absolute Gasteiger partial charge is 0.300 e. The standard InChI is InChI=1S/C21H16N4O2S2/c1-24-20(27)17(19(26)23-21(24)28)12-16-9-10-18(29-16)25(14-6-3-2-4-7-14)15-8-5-11-22-13-15/h2-13H,1H3,(H,23,26,28)/b17-12+. The molecule has 0 unspecified atom stereocenters. The second-order valence-electron chi connectivity index (χ2n) is 6.24. The number of carbonyl (C=O) groups is 2. The highest BCUT2D eigenvalue weighted by Crippen LogP contribution is 2.38. The Labute approximate surface area is 177 Å². The number of thiocarbonyl (C=S) groups is 1. The highest BCUT2D eigenvalue weighted by molar-refractivity contribution is 7.80. The summed E-state index contributed by atoms with van der Waals surface area (Å²) in [5.74, 6) is -0.902. The summed E-state index contributed by atoms with van der Waals surface area (Å²) in [5, 5.41) is 3.57. The van der Waals surface area contributed by atoms with E-state index in [-0.39, 0.29) is 10.7 Å². The van der Waals surface area contributed by atoms with Crippen molar-refractivity contribution in [2.75, 3.05) is 11.9 Å². The summed E-state index contributed by atoms with van der Waals surface area (Å²) in [6.07, 6.45) is 5.11. The Morgan fingerprint density at radius 3 is 2.55 bits per heavy atom. The molecule has 1 aromatic carbocycles. The van der Waals surface area contributed by atoms with E-state index in [0.717, 1.165) is 21.3 Å². The van der Waals surface area contributed by atoms with Gasteiger partial charge in [-0.3, -0.25) is 24.8 Å². The van der Waals surface area contributed by atoms with Gasteiger partial charge in [-0.05, 0) is 54.7 Å². The SMILES string of the molecule is CN1C(=O)/C(=C/c2ccc(N(c3ccccc3)c3cccnc3)s2)C(=O)NC1=S. The van der Waals surface area contributed by atoms with Gasteiger partial charge in [-0.2, -0.15) is 0 Å². The van der Waals surface area contributed by atoms with Crippen molar-refractivity contribution in [3.8, 4) is 0 Å². The molecular formula is C21H16N4O2S2. The van der Waals surface area contributed by atoms with E-state index in [9.17, 15) is 9.59 Å². The van der Waals surface area contributed by atoms with E-state index in [0.29, 0.717) is 0 Å². The minimum absolute atomic E-state index is 0.0575. The van der Waals surface area contributed by atoms with Crippen LogP contribution in [0.2, 0.25) is 0 Å². The zero-order valence-electron chi connectivity index (χ0n) is 15.4. The lowest BCUT2D eigenvalue weighted by molar-refractivity contribution is -0.128. The topological polar surface area (TPSA) is 65.5 Å². The molecule has 1 fully saturated rings. The molecule has 1 aliphatic heterocycles. The molecule has 0 bridgehead atoms. The van der Waals surface area contributed by atoms with Gasteiger partial charge in [-0.15, -0.1) is 11.3 Å². The first-order valence-electron chi connectivity index (χ1n) is 8.75. The molecular weight excluding hydrogens is 404 g/mol. The zero-order valence-corrected chi connectivity index (χ0v) is 17.0. The maximum Gasteiger partial charge on any atom is 0.265 e. The minimum atomic E-state index is -0.486. The van der Waals surface area contributed by atoms with Crippen LogP contribution in [0.4, 0.5) is 16.4 Å². The predicted molar refractivity (Wildman–Crippen MR) is 118 cm³/mol. The molecule has 1 N–H and O–H groups in total. The fraction of sp³-hybridized carbons (Fsp3) is 0.0476. The molecule has 144 valence electrons. The number of carbonyl (C=O) groups excluding carboxylic acids is 2. The van der Waals surface area contributed by atoms with Crippen LogP contribution in [-0.2, 0) is 9.59 Å². The van der Waals surface area contributed by atoms with Crippen LogP contribution in [0.1, 0.15) is 4.88 Å². The monoisotopic (exact) mass is 420 g/mol. The summed E-state index contributed by atoms with van der Waals surface area (Å²) in [6.45, 7) is 0. The number of hydrogen-bond donors (Lipinski definition) is 1. The number of amides is 2. The van der Waals surface area contributed by atoms with Gasteiger partial charge in [0.1, 0.15) is 10.6 Å². The van der Waals surface area contributed by atoms with E-state index in [1.807, 2.05) is 54.6 Å². The fourth-order valence-electron chi connectivity index (χ4n) is 2.89. The van der Waals surface area contributed by atoms with Crippen LogP contribution >= 0.6 is 23.6 Å². The maximum absolute atomic E-state index is 12.4. The van der Waals surface area contributed by atoms with Crippen molar-refractivity contribution in [2.24, 2.45) is 0 Å². The van der Waals surface area contributed by atoms with Crippen molar-refractivity contribution in [3.63, 3.8) is 0 Å². The van der Waals surface area contributed by atoms with Gasteiger partial charge >= 0.3 is 0 Å². The number of anilines is 3. The third kappa shape index (κ3) is 3.80. The number of benzene rings is 1. The van der Waals surface area contributed by atoms with Gasteiger partial charge < -0.3 is 4.90 Å². The fourth-order valence-corrected chi connectivity index (χ4v) is 4.06. The summed E-state index contributed by atoms with van der Waals surface area (Å²) < 4.78 is 0. The van der Waals surface area contributed by atoms with Crippen molar-refractivity contribution in [3.05, 3.63) is 77.4 Å². The Bertz CT molecular complexity index is 1070. The number of thiophene rings is 1. The van der Waals surface area contributed by atoms with E-state index in [2.05, 4.69) is 15.2 Å². The molecule has 29 heavy (non-hydrogen) atoms. The molecule has 1 saturated heterocycles. The van der Waals surface area contributed by atoms with Crippen molar-refractivity contribution in [1.82, 2.24) is 15.2 Å². The molecule has 0 aliphatic carbocycles. The summed E-state index contributed by atoms with van der Waals surface area (Å²) in [4.78, 5) is 33.0. The number of hydrogen-bond acceptors (Lipinski definition) is 6. The van der Waals surface area contributed by atoms with E-state index >= 15 is 0 Å². The number of rotatable bonds is 4. The Morgan fingerprint density at radius 2 is 1.83 bits per heavy atom. The van der Waals surface area contributed by atoms with Gasteiger partial charge in [0.05, 0.1) is 11.9 Å². The first-order chi connectivity index (χ1) is 14.0. The lowest BCUT2D eigenvalue weighted by Crippen LogP contribution is -2.52. The highest BCUT2D eigenvalue weighted by Gasteiger charge is 2.31. The van der Waals surface area contributed by atoms with Crippen molar-refractivity contribution < 1.29 is 9.59 Å². The van der Waals surface area contributed by atoms with Gasteiger partial charge in [0, 0.05) is 23.8 Å². The summed E-state index contributed by atoms with van der Waals surface area (Å²) in [6, 6.07) is 17.6. The lowest BCUT2D eigenvalue weighted by Gasteiger charge is -2.24. The normalized spacial score (nSPS) is 15.6. The molecule has 2 amide bonds. The average molecular weight is 421 g/mol. The average Bonchev–Trinajstić information content (AvgIpc) is 3.19.